The van der Waals surface area contributed by atoms with Crippen molar-refractivity contribution in [2.45, 2.75) is 45.7 Å². The Morgan fingerprint density at radius 1 is 0.964 bits per heavy atom. The molecular weight excluding hydrogens is 348 g/mol. The van der Waals surface area contributed by atoms with Gasteiger partial charge in [0.25, 0.3) is 0 Å². The summed E-state index contributed by atoms with van der Waals surface area (Å²) < 4.78 is 0. The zero-order valence-corrected chi connectivity index (χ0v) is 16.8. The number of amides is 2. The monoisotopic (exact) mass is 378 g/mol. The van der Waals surface area contributed by atoms with Gasteiger partial charge in [0.05, 0.1) is 11.8 Å². The van der Waals surface area contributed by atoms with Crippen LogP contribution in [0.4, 0.5) is 0 Å². The van der Waals surface area contributed by atoms with Gasteiger partial charge in [-0.25, -0.2) is 0 Å². The molecule has 0 spiro atoms. The van der Waals surface area contributed by atoms with E-state index < -0.39 is 0 Å². The maximum Gasteiger partial charge on any atom is 0.227 e. The molecule has 3 rings (SSSR count). The van der Waals surface area contributed by atoms with Gasteiger partial charge in [-0.15, -0.1) is 0 Å². The highest BCUT2D eigenvalue weighted by atomic mass is 16.2. The average molecular weight is 379 g/mol. The lowest BCUT2D eigenvalue weighted by molar-refractivity contribution is -0.136. The Hall–Kier alpha value is -2.62. The Bertz CT molecular complexity index is 774. The van der Waals surface area contributed by atoms with Gasteiger partial charge in [-0.3, -0.25) is 9.59 Å². The molecule has 28 heavy (non-hydrogen) atoms. The van der Waals surface area contributed by atoms with Crippen LogP contribution < -0.4 is 5.32 Å². The molecule has 1 aliphatic carbocycles. The minimum atomic E-state index is -0.166. The van der Waals surface area contributed by atoms with E-state index in [1.165, 1.54) is 5.56 Å². The molecule has 1 aliphatic rings. The minimum Gasteiger partial charge on any atom is -0.356 e. The summed E-state index contributed by atoms with van der Waals surface area (Å²) in [7, 11) is 0. The van der Waals surface area contributed by atoms with Crippen LogP contribution in [0.5, 0.6) is 0 Å². The SMILES string of the molecule is CC(C)N(Cc1ccccc1)C(=O)C1CC1C(=O)NCCCc1ccccc1. The van der Waals surface area contributed by atoms with Gasteiger partial charge in [0.15, 0.2) is 0 Å². The predicted octanol–water partition coefficient (Wildman–Crippen LogP) is 3.81. The van der Waals surface area contributed by atoms with E-state index >= 15 is 0 Å². The predicted molar refractivity (Wildman–Crippen MR) is 111 cm³/mol. The van der Waals surface area contributed by atoms with Gasteiger partial charge in [-0.2, -0.15) is 0 Å². The normalized spacial score (nSPS) is 18.0. The molecule has 2 atom stereocenters. The number of nitrogens with zero attached hydrogens (tertiary/aromatic N) is 1. The molecule has 0 heterocycles. The van der Waals surface area contributed by atoms with Crippen molar-refractivity contribution in [1.29, 1.82) is 0 Å². The fraction of sp³-hybridized carbons (Fsp3) is 0.417. The summed E-state index contributed by atoms with van der Waals surface area (Å²) in [4.78, 5) is 27.2. The van der Waals surface area contributed by atoms with Gasteiger partial charge in [-0.1, -0.05) is 60.7 Å². The van der Waals surface area contributed by atoms with Crippen LogP contribution in [0.15, 0.2) is 60.7 Å². The van der Waals surface area contributed by atoms with Gasteiger partial charge in [0.1, 0.15) is 0 Å². The highest BCUT2D eigenvalue weighted by Crippen LogP contribution is 2.40. The number of carbonyl (C=O) groups excluding carboxylic acids is 2. The van der Waals surface area contributed by atoms with E-state index in [0.717, 1.165) is 18.4 Å². The van der Waals surface area contributed by atoms with Crippen LogP contribution in [-0.4, -0.2) is 29.3 Å². The quantitative estimate of drug-likeness (QED) is 0.675. The maximum absolute atomic E-state index is 12.9. The van der Waals surface area contributed by atoms with E-state index in [4.69, 9.17) is 0 Å². The van der Waals surface area contributed by atoms with Crippen LogP contribution in [0.2, 0.25) is 0 Å². The third-order valence-corrected chi connectivity index (χ3v) is 5.33. The summed E-state index contributed by atoms with van der Waals surface area (Å²) in [5.41, 5.74) is 2.40. The van der Waals surface area contributed by atoms with Gasteiger partial charge < -0.3 is 10.2 Å². The molecule has 0 aromatic heterocycles. The Balaban J connectivity index is 1.44. The summed E-state index contributed by atoms with van der Waals surface area (Å²) in [6.45, 7) is 5.31. The minimum absolute atomic E-state index is 0.0230. The first-order valence-electron chi connectivity index (χ1n) is 10.2. The summed E-state index contributed by atoms with van der Waals surface area (Å²) in [5.74, 6) is -0.209. The number of nitrogens with one attached hydrogen (secondary N) is 1. The fourth-order valence-electron chi connectivity index (χ4n) is 3.55. The number of benzene rings is 2. The number of hydrogen-bond acceptors (Lipinski definition) is 2. The van der Waals surface area contributed by atoms with E-state index in [-0.39, 0.29) is 29.7 Å². The molecule has 2 unspecified atom stereocenters. The lowest BCUT2D eigenvalue weighted by atomic mass is 10.1. The molecule has 4 nitrogen and oxygen atoms in total. The molecule has 1 fully saturated rings. The lowest BCUT2D eigenvalue weighted by Crippen LogP contribution is -2.38. The molecule has 4 heteroatoms. The molecule has 1 saturated carbocycles. The molecule has 2 amide bonds. The van der Waals surface area contributed by atoms with E-state index in [1.54, 1.807) is 0 Å². The van der Waals surface area contributed by atoms with Gasteiger partial charge in [0.2, 0.25) is 11.8 Å². The van der Waals surface area contributed by atoms with Gasteiger partial charge >= 0.3 is 0 Å². The van der Waals surface area contributed by atoms with E-state index in [9.17, 15) is 9.59 Å². The van der Waals surface area contributed by atoms with Crippen molar-refractivity contribution in [1.82, 2.24) is 10.2 Å². The van der Waals surface area contributed by atoms with Crippen molar-refractivity contribution in [2.24, 2.45) is 11.8 Å². The third kappa shape index (κ3) is 5.44. The fourth-order valence-corrected chi connectivity index (χ4v) is 3.55. The van der Waals surface area contributed by atoms with Crippen LogP contribution in [0.25, 0.3) is 0 Å². The summed E-state index contributed by atoms with van der Waals surface area (Å²) in [6, 6.07) is 20.4. The molecule has 0 aliphatic heterocycles. The number of aryl methyl sites for hydroxylation is 1. The van der Waals surface area contributed by atoms with Crippen molar-refractivity contribution in [3.63, 3.8) is 0 Å². The van der Waals surface area contributed by atoms with E-state index in [0.29, 0.717) is 19.5 Å². The van der Waals surface area contributed by atoms with Crippen LogP contribution in [-0.2, 0) is 22.6 Å². The van der Waals surface area contributed by atoms with Crippen molar-refractivity contribution >= 4 is 11.8 Å². The molecular formula is C24H30N2O2. The summed E-state index contributed by atoms with van der Waals surface area (Å²) in [6.07, 6.45) is 2.53. The Morgan fingerprint density at radius 2 is 1.57 bits per heavy atom. The number of carbonyl (C=O) groups is 2. The maximum atomic E-state index is 12.9. The second-order valence-electron chi connectivity index (χ2n) is 7.87. The average Bonchev–Trinajstić information content (AvgIpc) is 3.51. The molecule has 148 valence electrons. The lowest BCUT2D eigenvalue weighted by Gasteiger charge is -2.27. The molecule has 2 aromatic carbocycles. The van der Waals surface area contributed by atoms with Crippen LogP contribution in [0.1, 0.15) is 37.8 Å². The second-order valence-corrected chi connectivity index (χ2v) is 7.87. The van der Waals surface area contributed by atoms with Gasteiger partial charge in [0, 0.05) is 19.1 Å². The number of hydrogen-bond donors (Lipinski definition) is 1. The highest BCUT2D eigenvalue weighted by Gasteiger charge is 2.49. The smallest absolute Gasteiger partial charge is 0.227 e. The van der Waals surface area contributed by atoms with Crippen molar-refractivity contribution in [3.8, 4) is 0 Å². The molecule has 0 radical (unpaired) electrons. The Kier molecular flexibility index (Phi) is 6.85. The first kappa shape index (κ1) is 20.1. The Labute approximate surface area is 167 Å². The van der Waals surface area contributed by atoms with Crippen LogP contribution in [0, 0.1) is 11.8 Å². The van der Waals surface area contributed by atoms with Crippen LogP contribution in [0.3, 0.4) is 0 Å². The summed E-state index contributed by atoms with van der Waals surface area (Å²) in [5, 5.41) is 3.01. The zero-order chi connectivity index (χ0) is 19.9. The van der Waals surface area contributed by atoms with E-state index in [2.05, 4.69) is 17.4 Å². The molecule has 0 bridgehead atoms. The number of rotatable bonds is 9. The molecule has 0 saturated heterocycles. The Morgan fingerprint density at radius 3 is 2.18 bits per heavy atom. The van der Waals surface area contributed by atoms with Crippen molar-refractivity contribution in [3.05, 3.63) is 71.8 Å². The highest BCUT2D eigenvalue weighted by molar-refractivity contribution is 5.92. The molecule has 2 aromatic rings. The van der Waals surface area contributed by atoms with E-state index in [1.807, 2.05) is 67.3 Å². The van der Waals surface area contributed by atoms with Gasteiger partial charge in [-0.05, 0) is 44.2 Å². The van der Waals surface area contributed by atoms with Crippen molar-refractivity contribution < 1.29 is 9.59 Å². The largest absolute Gasteiger partial charge is 0.356 e. The first-order chi connectivity index (χ1) is 13.6. The first-order valence-corrected chi connectivity index (χ1v) is 10.2. The second kappa shape index (κ2) is 9.54. The van der Waals surface area contributed by atoms with Crippen molar-refractivity contribution in [2.75, 3.05) is 6.54 Å². The topological polar surface area (TPSA) is 49.4 Å². The molecule has 1 N–H and O–H groups in total. The standard InChI is InChI=1S/C24H30N2O2/c1-18(2)26(17-20-12-7-4-8-13-20)24(28)22-16-21(22)23(27)25-15-9-14-19-10-5-3-6-11-19/h3-8,10-13,18,21-22H,9,14-17H2,1-2H3,(H,25,27). The zero-order valence-electron chi connectivity index (χ0n) is 16.8. The third-order valence-electron chi connectivity index (χ3n) is 5.33. The van der Waals surface area contributed by atoms with Crippen LogP contribution >= 0.6 is 0 Å². The summed E-state index contributed by atoms with van der Waals surface area (Å²) >= 11 is 0.